The quantitative estimate of drug-likeness (QED) is 0.835. The number of anilines is 1. The van der Waals surface area contributed by atoms with Gasteiger partial charge >= 0.3 is 0 Å². The van der Waals surface area contributed by atoms with Crippen molar-refractivity contribution in [3.63, 3.8) is 0 Å². The number of ether oxygens (including phenoxy) is 1. The minimum Gasteiger partial charge on any atom is -0.384 e. The molecule has 1 fully saturated rings. The number of nitrogens with zero attached hydrogens (tertiary/aromatic N) is 1. The number of sulfonamides is 1. The minimum absolute atomic E-state index is 0.114. The Morgan fingerprint density at radius 3 is 2.83 bits per heavy atom. The lowest BCUT2D eigenvalue weighted by Gasteiger charge is -2.33. The van der Waals surface area contributed by atoms with E-state index < -0.39 is 15.6 Å². The lowest BCUT2D eigenvalue weighted by Crippen LogP contribution is -2.51. The standard InChI is InChI=1S/C11H17N3O3S/c1-11(5-2-6-17-8-11)14-18(15,16)9-3-4-10(12)13-7-9/h3-4,7,14H,2,5-6,8H2,1H3,(H2,12,13). The molecule has 3 N–H and O–H groups in total. The molecule has 6 nitrogen and oxygen atoms in total. The molecule has 1 unspecified atom stereocenters. The molecule has 1 atom stereocenters. The van der Waals surface area contributed by atoms with Gasteiger partial charge in [-0.15, -0.1) is 0 Å². The average Bonchev–Trinajstić information content (AvgIpc) is 2.29. The van der Waals surface area contributed by atoms with Crippen LogP contribution in [0.25, 0.3) is 0 Å². The van der Waals surface area contributed by atoms with E-state index in [9.17, 15) is 8.42 Å². The third kappa shape index (κ3) is 2.98. The molecule has 0 amide bonds. The molecule has 0 radical (unpaired) electrons. The van der Waals surface area contributed by atoms with E-state index in [4.69, 9.17) is 10.5 Å². The number of pyridine rings is 1. The average molecular weight is 271 g/mol. The fraction of sp³-hybridized carbons (Fsp3) is 0.545. The van der Waals surface area contributed by atoms with Gasteiger partial charge in [0.05, 0.1) is 12.1 Å². The van der Waals surface area contributed by atoms with Crippen molar-refractivity contribution in [1.29, 1.82) is 0 Å². The van der Waals surface area contributed by atoms with Crippen molar-refractivity contribution in [3.05, 3.63) is 18.3 Å². The summed E-state index contributed by atoms with van der Waals surface area (Å²) in [5.74, 6) is 0.293. The SMILES string of the molecule is CC1(NS(=O)(=O)c2ccc(N)nc2)CCCOC1. The number of nitrogens with one attached hydrogen (secondary N) is 1. The van der Waals surface area contributed by atoms with Crippen LogP contribution in [0.5, 0.6) is 0 Å². The molecule has 1 aliphatic rings. The highest BCUT2D eigenvalue weighted by atomic mass is 32.2. The number of aromatic nitrogens is 1. The second-order valence-corrected chi connectivity index (χ2v) is 6.42. The second-order valence-electron chi connectivity index (χ2n) is 4.74. The third-order valence-electron chi connectivity index (χ3n) is 2.89. The fourth-order valence-electron chi connectivity index (χ4n) is 1.95. The van der Waals surface area contributed by atoms with E-state index in [-0.39, 0.29) is 4.90 Å². The topological polar surface area (TPSA) is 94.3 Å². The second kappa shape index (κ2) is 4.83. The van der Waals surface area contributed by atoms with Crippen molar-refractivity contribution in [2.45, 2.75) is 30.2 Å². The van der Waals surface area contributed by atoms with Gasteiger partial charge in [0.15, 0.2) is 0 Å². The summed E-state index contributed by atoms with van der Waals surface area (Å²) in [7, 11) is -3.58. The molecule has 2 heterocycles. The van der Waals surface area contributed by atoms with Crippen molar-refractivity contribution < 1.29 is 13.2 Å². The fourth-order valence-corrected chi connectivity index (χ4v) is 3.31. The van der Waals surface area contributed by atoms with Crippen molar-refractivity contribution in [1.82, 2.24) is 9.71 Å². The molecule has 100 valence electrons. The van der Waals surface area contributed by atoms with Crippen molar-refractivity contribution in [3.8, 4) is 0 Å². The first-order valence-corrected chi connectivity index (χ1v) is 7.23. The zero-order valence-electron chi connectivity index (χ0n) is 10.2. The van der Waals surface area contributed by atoms with Crippen molar-refractivity contribution in [2.75, 3.05) is 18.9 Å². The highest BCUT2D eigenvalue weighted by Crippen LogP contribution is 2.21. The van der Waals surface area contributed by atoms with Gasteiger partial charge in [-0.3, -0.25) is 0 Å². The molecular weight excluding hydrogens is 254 g/mol. The molecule has 1 aromatic heterocycles. The van der Waals surface area contributed by atoms with E-state index in [0.717, 1.165) is 12.8 Å². The Bertz CT molecular complexity index is 507. The smallest absolute Gasteiger partial charge is 0.242 e. The number of hydrogen-bond acceptors (Lipinski definition) is 5. The predicted octanol–water partition coefficient (Wildman–Crippen LogP) is 0.511. The highest BCUT2D eigenvalue weighted by Gasteiger charge is 2.32. The molecule has 0 saturated carbocycles. The molecule has 1 aliphatic heterocycles. The Labute approximate surface area is 107 Å². The van der Waals surface area contributed by atoms with Gasteiger partial charge in [0.1, 0.15) is 10.7 Å². The monoisotopic (exact) mass is 271 g/mol. The lowest BCUT2D eigenvalue weighted by atomic mass is 9.97. The van der Waals surface area contributed by atoms with Gasteiger partial charge in [-0.05, 0) is 31.9 Å². The summed E-state index contributed by atoms with van der Waals surface area (Å²) in [5, 5.41) is 0. The van der Waals surface area contributed by atoms with Crippen LogP contribution in [0.1, 0.15) is 19.8 Å². The first kappa shape index (κ1) is 13.3. The maximum absolute atomic E-state index is 12.2. The van der Waals surface area contributed by atoms with Crippen LogP contribution in [0, 0.1) is 0 Å². The summed E-state index contributed by atoms with van der Waals surface area (Å²) >= 11 is 0. The molecule has 0 aliphatic carbocycles. The highest BCUT2D eigenvalue weighted by molar-refractivity contribution is 7.89. The molecule has 1 saturated heterocycles. The summed E-state index contributed by atoms with van der Waals surface area (Å²) in [6, 6.07) is 2.91. The Kier molecular flexibility index (Phi) is 3.56. The first-order valence-electron chi connectivity index (χ1n) is 5.75. The van der Waals surface area contributed by atoms with Crippen LogP contribution >= 0.6 is 0 Å². The van der Waals surface area contributed by atoms with E-state index in [0.29, 0.717) is 19.0 Å². The summed E-state index contributed by atoms with van der Waals surface area (Å²) in [5.41, 5.74) is 4.88. The van der Waals surface area contributed by atoms with Crippen molar-refractivity contribution in [2.24, 2.45) is 0 Å². The molecule has 1 aromatic rings. The van der Waals surface area contributed by atoms with Crippen LogP contribution in [-0.2, 0) is 14.8 Å². The Morgan fingerprint density at radius 2 is 2.28 bits per heavy atom. The molecule has 0 aromatic carbocycles. The Hall–Kier alpha value is -1.18. The number of nitrogen functional groups attached to an aromatic ring is 1. The first-order chi connectivity index (χ1) is 8.41. The van der Waals surface area contributed by atoms with Crippen LogP contribution in [0.2, 0.25) is 0 Å². The van der Waals surface area contributed by atoms with Crippen LogP contribution < -0.4 is 10.5 Å². The molecule has 0 bridgehead atoms. The van der Waals surface area contributed by atoms with Gasteiger partial charge in [-0.25, -0.2) is 18.1 Å². The third-order valence-corrected chi connectivity index (χ3v) is 4.51. The van der Waals surface area contributed by atoms with Crippen LogP contribution in [0.3, 0.4) is 0 Å². The van der Waals surface area contributed by atoms with Crippen LogP contribution in [0.4, 0.5) is 5.82 Å². The van der Waals surface area contributed by atoms with Gasteiger partial charge < -0.3 is 10.5 Å². The summed E-state index contributed by atoms with van der Waals surface area (Å²) < 4.78 is 32.3. The molecule has 2 rings (SSSR count). The van der Waals surface area contributed by atoms with Crippen LogP contribution in [-0.4, -0.2) is 32.2 Å². The van der Waals surface area contributed by atoms with E-state index in [1.165, 1.54) is 18.3 Å². The molecule has 0 spiro atoms. The Morgan fingerprint density at radius 1 is 1.50 bits per heavy atom. The van der Waals surface area contributed by atoms with E-state index >= 15 is 0 Å². The zero-order valence-corrected chi connectivity index (χ0v) is 11.0. The maximum Gasteiger partial charge on any atom is 0.242 e. The number of hydrogen-bond donors (Lipinski definition) is 2. The van der Waals surface area contributed by atoms with Crippen molar-refractivity contribution >= 4 is 15.8 Å². The Balaban J connectivity index is 2.18. The summed E-state index contributed by atoms with van der Waals surface area (Å²) in [6.45, 7) is 2.91. The summed E-state index contributed by atoms with van der Waals surface area (Å²) in [6.07, 6.45) is 2.86. The van der Waals surface area contributed by atoms with Gasteiger partial charge in [-0.1, -0.05) is 0 Å². The predicted molar refractivity (Wildman–Crippen MR) is 67.4 cm³/mol. The van der Waals surface area contributed by atoms with E-state index in [1.807, 2.05) is 6.92 Å². The summed E-state index contributed by atoms with van der Waals surface area (Å²) in [4.78, 5) is 3.90. The lowest BCUT2D eigenvalue weighted by molar-refractivity contribution is 0.0386. The number of rotatable bonds is 3. The normalized spacial score (nSPS) is 24.9. The minimum atomic E-state index is -3.58. The zero-order chi connectivity index (χ0) is 13.2. The van der Waals surface area contributed by atoms with Gasteiger partial charge in [-0.2, -0.15) is 0 Å². The largest absolute Gasteiger partial charge is 0.384 e. The number of nitrogens with two attached hydrogens (primary N) is 1. The van der Waals surface area contributed by atoms with Crippen LogP contribution in [0.15, 0.2) is 23.2 Å². The molecule has 18 heavy (non-hydrogen) atoms. The van der Waals surface area contributed by atoms with Gasteiger partial charge in [0, 0.05) is 12.8 Å². The molecular formula is C11H17N3O3S. The molecule has 7 heteroatoms. The van der Waals surface area contributed by atoms with E-state index in [1.54, 1.807) is 0 Å². The van der Waals surface area contributed by atoms with Gasteiger partial charge in [0.2, 0.25) is 10.0 Å². The van der Waals surface area contributed by atoms with E-state index in [2.05, 4.69) is 9.71 Å². The maximum atomic E-state index is 12.2. The van der Waals surface area contributed by atoms with Gasteiger partial charge in [0.25, 0.3) is 0 Å².